The van der Waals surface area contributed by atoms with Crippen molar-refractivity contribution in [3.8, 4) is 0 Å². The molecule has 1 aromatic carbocycles. The normalized spacial score (nSPS) is 12.7. The first kappa shape index (κ1) is 19.2. The Labute approximate surface area is 133 Å². The zero-order valence-corrected chi connectivity index (χ0v) is 14.1. The lowest BCUT2D eigenvalue weighted by atomic mass is 10.3. The molecule has 0 atom stereocenters. The van der Waals surface area contributed by atoms with Crippen LogP contribution >= 0.6 is 7.60 Å². The van der Waals surface area contributed by atoms with E-state index in [1.54, 1.807) is 27.7 Å². The van der Waals surface area contributed by atoms with E-state index in [4.69, 9.17) is 9.05 Å². The highest BCUT2D eigenvalue weighted by Gasteiger charge is 2.36. The highest BCUT2D eigenvalue weighted by atomic mass is 31.2. The van der Waals surface area contributed by atoms with E-state index in [0.717, 1.165) is 0 Å². The van der Waals surface area contributed by atoms with Gasteiger partial charge in [-0.25, -0.2) is 4.57 Å². The van der Waals surface area contributed by atoms with Gasteiger partial charge in [-0.1, -0.05) is 0 Å². The minimum absolute atomic E-state index is 0.114. The van der Waals surface area contributed by atoms with Crippen LogP contribution in [0.25, 0.3) is 0 Å². The van der Waals surface area contributed by atoms with Crippen LogP contribution in [-0.4, -0.2) is 22.8 Å². The molecule has 8 nitrogen and oxygen atoms in total. The van der Waals surface area contributed by atoms with Crippen LogP contribution in [0.3, 0.4) is 0 Å². The smallest absolute Gasteiger partial charge is 0.300 e. The van der Waals surface area contributed by atoms with E-state index in [9.17, 15) is 19.1 Å². The second kappa shape index (κ2) is 8.14. The average Bonchev–Trinajstić information content (AvgIpc) is 2.43. The first-order chi connectivity index (χ1) is 10.6. The molecule has 0 aliphatic rings. The molecule has 0 radical (unpaired) electrons. The summed E-state index contributed by atoms with van der Waals surface area (Å²) in [5, 5.41) is 13.9. The minimum Gasteiger partial charge on any atom is -0.300 e. The van der Waals surface area contributed by atoms with E-state index in [2.05, 4.69) is 10.5 Å². The van der Waals surface area contributed by atoms with Crippen LogP contribution in [-0.2, 0) is 13.6 Å². The van der Waals surface area contributed by atoms with Crippen LogP contribution in [0, 0.1) is 10.1 Å². The molecule has 0 heterocycles. The quantitative estimate of drug-likeness (QED) is 0.326. The van der Waals surface area contributed by atoms with E-state index in [-0.39, 0.29) is 11.4 Å². The molecule has 0 aliphatic carbocycles. The van der Waals surface area contributed by atoms with E-state index in [0.29, 0.717) is 0 Å². The summed E-state index contributed by atoms with van der Waals surface area (Å²) in [6.07, 6.45) is -1.06. The Morgan fingerprint density at radius 3 is 2.09 bits per heavy atom. The number of rotatable bonds is 8. The lowest BCUT2D eigenvalue weighted by Gasteiger charge is -2.20. The number of nitro benzene ring substituents is 1. The fourth-order valence-electron chi connectivity index (χ4n) is 1.50. The minimum atomic E-state index is -4.17. The molecule has 1 aromatic rings. The van der Waals surface area contributed by atoms with Gasteiger partial charge in [0.15, 0.2) is 0 Å². The number of nitro groups is 1. The van der Waals surface area contributed by atoms with Gasteiger partial charge in [-0.05, 0) is 39.8 Å². The maximum Gasteiger partial charge on any atom is 0.410 e. The maximum absolute atomic E-state index is 14.1. The largest absolute Gasteiger partial charge is 0.410 e. The SMILES string of the molecule is CC(C)OP(=O)(OC(C)C)/C(F)=N/Nc1ccc([N+](=O)[O-])cc1. The molecule has 0 fully saturated rings. The van der Waals surface area contributed by atoms with Crippen molar-refractivity contribution in [1.82, 2.24) is 0 Å². The van der Waals surface area contributed by atoms with Crippen molar-refractivity contribution in [3.05, 3.63) is 34.4 Å². The number of hydrogen-bond acceptors (Lipinski definition) is 7. The van der Waals surface area contributed by atoms with Crippen LogP contribution < -0.4 is 5.43 Å². The third-order valence-electron chi connectivity index (χ3n) is 2.28. The Morgan fingerprint density at radius 1 is 1.22 bits per heavy atom. The number of hydrazone groups is 1. The summed E-state index contributed by atoms with van der Waals surface area (Å²) in [4.78, 5) is 9.98. The molecule has 1 N–H and O–H groups in total. The second-order valence-electron chi connectivity index (χ2n) is 5.10. The summed E-state index contributed by atoms with van der Waals surface area (Å²) in [5.74, 6) is 0. The van der Waals surface area contributed by atoms with Gasteiger partial charge in [-0.15, -0.1) is 5.10 Å². The van der Waals surface area contributed by atoms with Gasteiger partial charge in [-0.3, -0.25) is 24.6 Å². The molecule has 0 amide bonds. The number of non-ortho nitro benzene ring substituents is 1. The molecule has 0 saturated heterocycles. The van der Waals surface area contributed by atoms with Gasteiger partial charge in [0.05, 0.1) is 22.8 Å². The fraction of sp³-hybridized carbons (Fsp3) is 0.462. The molecule has 0 saturated carbocycles. The molecule has 23 heavy (non-hydrogen) atoms. The van der Waals surface area contributed by atoms with Crippen LogP contribution in [0.4, 0.5) is 15.8 Å². The van der Waals surface area contributed by atoms with E-state index in [1.165, 1.54) is 24.3 Å². The van der Waals surface area contributed by atoms with Crippen molar-refractivity contribution >= 4 is 24.7 Å². The lowest BCUT2D eigenvalue weighted by molar-refractivity contribution is -0.384. The number of nitrogens with zero attached hydrogens (tertiary/aromatic N) is 2. The fourth-order valence-corrected chi connectivity index (χ4v) is 3.00. The number of halogens is 1. The molecule has 0 aromatic heterocycles. The molecule has 0 spiro atoms. The van der Waals surface area contributed by atoms with Crippen LogP contribution in [0.2, 0.25) is 0 Å². The van der Waals surface area contributed by atoms with E-state index >= 15 is 0 Å². The molecular weight excluding hydrogens is 328 g/mol. The van der Waals surface area contributed by atoms with Gasteiger partial charge in [-0.2, -0.15) is 4.39 Å². The molecule has 10 heteroatoms. The monoisotopic (exact) mass is 347 g/mol. The Kier molecular flexibility index (Phi) is 6.80. The third kappa shape index (κ3) is 6.05. The maximum atomic E-state index is 14.1. The van der Waals surface area contributed by atoms with Crippen molar-refractivity contribution in [3.63, 3.8) is 0 Å². The predicted molar refractivity (Wildman–Crippen MR) is 85.3 cm³/mol. The molecule has 0 aliphatic heterocycles. The Hall–Kier alpha value is -1.83. The summed E-state index contributed by atoms with van der Waals surface area (Å²) < 4.78 is 36.6. The van der Waals surface area contributed by atoms with Gasteiger partial charge < -0.3 is 0 Å². The van der Waals surface area contributed by atoms with Crippen molar-refractivity contribution in [1.29, 1.82) is 0 Å². The third-order valence-corrected chi connectivity index (χ3v) is 4.23. The van der Waals surface area contributed by atoms with Gasteiger partial charge in [0, 0.05) is 12.1 Å². The molecule has 0 bridgehead atoms. The summed E-state index contributed by atoms with van der Waals surface area (Å²) in [7, 11) is -4.17. The van der Waals surface area contributed by atoms with Crippen LogP contribution in [0.1, 0.15) is 27.7 Å². The van der Waals surface area contributed by atoms with Gasteiger partial charge >= 0.3 is 13.3 Å². The van der Waals surface area contributed by atoms with Gasteiger partial charge in [0.1, 0.15) is 0 Å². The highest BCUT2D eigenvalue weighted by Crippen LogP contribution is 2.52. The number of benzene rings is 1. The van der Waals surface area contributed by atoms with Gasteiger partial charge in [0.25, 0.3) is 5.69 Å². The topological polar surface area (TPSA) is 103 Å². The second-order valence-corrected chi connectivity index (χ2v) is 6.89. The summed E-state index contributed by atoms with van der Waals surface area (Å²) in [5.41, 5.74) is 1.17. The first-order valence-electron chi connectivity index (χ1n) is 6.85. The summed E-state index contributed by atoms with van der Waals surface area (Å²) >= 11 is 0. The predicted octanol–water partition coefficient (Wildman–Crippen LogP) is 4.29. The molecule has 1 rings (SSSR count). The number of anilines is 1. The molecule has 128 valence electrons. The van der Waals surface area contributed by atoms with Crippen LogP contribution in [0.5, 0.6) is 0 Å². The van der Waals surface area contributed by atoms with E-state index in [1.807, 2.05) is 0 Å². The Bertz CT molecular complexity index is 605. The standard InChI is InChI=1S/C13H19FN3O5P/c1-9(2)21-23(20,22-10(3)4)13(14)16-15-11-5-7-12(8-6-11)17(18)19/h5-10,15H,1-4H3/b16-13+. The van der Waals surface area contributed by atoms with Crippen molar-refractivity contribution in [2.45, 2.75) is 39.9 Å². The average molecular weight is 347 g/mol. The zero-order valence-electron chi connectivity index (χ0n) is 13.2. The Morgan fingerprint density at radius 2 is 1.70 bits per heavy atom. The number of hydrogen-bond donors (Lipinski definition) is 1. The first-order valence-corrected chi connectivity index (χ1v) is 8.39. The molecular formula is C13H19FN3O5P. The van der Waals surface area contributed by atoms with Crippen LogP contribution in [0.15, 0.2) is 29.4 Å². The van der Waals surface area contributed by atoms with Gasteiger partial charge in [0.2, 0.25) is 0 Å². The Balaban J connectivity index is 2.90. The summed E-state index contributed by atoms with van der Waals surface area (Å²) in [6.45, 7) is 6.36. The van der Waals surface area contributed by atoms with E-state index < -0.39 is 30.4 Å². The van der Waals surface area contributed by atoms with Crippen molar-refractivity contribution in [2.24, 2.45) is 5.10 Å². The van der Waals surface area contributed by atoms with Crippen molar-refractivity contribution < 1.29 is 22.9 Å². The zero-order chi connectivity index (χ0) is 17.6. The lowest BCUT2D eigenvalue weighted by Crippen LogP contribution is -2.12. The molecule has 0 unspecified atom stereocenters. The highest BCUT2D eigenvalue weighted by molar-refractivity contribution is 7.71. The van der Waals surface area contributed by atoms with Crippen molar-refractivity contribution in [2.75, 3.05) is 5.43 Å². The summed E-state index contributed by atoms with van der Waals surface area (Å²) in [6, 6.07) is 5.13. The number of nitrogens with one attached hydrogen (secondary N) is 1.